The van der Waals surface area contributed by atoms with Gasteiger partial charge in [0.15, 0.2) is 0 Å². The summed E-state index contributed by atoms with van der Waals surface area (Å²) >= 11 is 6.41. The lowest BCUT2D eigenvalue weighted by molar-refractivity contribution is 0.102. The average Bonchev–Trinajstić information content (AvgIpc) is 3.49. The zero-order valence-corrected chi connectivity index (χ0v) is 24.0. The number of primary amides is 1. The van der Waals surface area contributed by atoms with Crippen LogP contribution in [0.4, 0.5) is 25.0 Å². The summed E-state index contributed by atoms with van der Waals surface area (Å²) in [5, 5.41) is 2.27. The van der Waals surface area contributed by atoms with Crippen molar-refractivity contribution in [3.05, 3.63) is 82.6 Å². The van der Waals surface area contributed by atoms with Crippen LogP contribution in [0.25, 0.3) is 0 Å². The van der Waals surface area contributed by atoms with Gasteiger partial charge in [-0.3, -0.25) is 9.10 Å². The van der Waals surface area contributed by atoms with Crippen molar-refractivity contribution in [1.29, 1.82) is 0 Å². The number of halogens is 3. The first-order valence-corrected chi connectivity index (χ1v) is 14.1. The first kappa shape index (κ1) is 30.4. The molecule has 0 saturated carbocycles. The number of nitrogens with zero attached hydrogens (tertiary/aromatic N) is 3. The normalized spacial score (nSPS) is 11.1. The number of carbonyl (C=O) groups excluding carboxylic acids is 2. The van der Waals surface area contributed by atoms with Crippen molar-refractivity contribution in [3.63, 3.8) is 0 Å². The summed E-state index contributed by atoms with van der Waals surface area (Å²) in [5.74, 6) is -3.10. The molecule has 4 aromatic rings. The smallest absolute Gasteiger partial charge is 0.409 e. The molecular weight excluding hydrogens is 620 g/mol. The molecule has 1 aromatic heterocycles. The molecule has 0 radical (unpaired) electrons. The highest BCUT2D eigenvalue weighted by molar-refractivity contribution is 7.94. The Labute approximate surface area is 246 Å². The molecule has 0 aliphatic heterocycles. The molecule has 0 aliphatic carbocycles. The standard InChI is InChI=1S/C25H20ClF2N5O7S2/c1-38-15-5-3-13(21(8-15)39-2)11-33(42(36,37)25-30-12-31-41-25)20-10-17(27)19(9-18(20)28)32-23(34)16-6-4-14(26)7-22(16)40-24(29)35/h3-10,12H,11H2,1-2H3,(H2,29,35)(H,32,34). The Balaban J connectivity index is 1.75. The summed E-state index contributed by atoms with van der Waals surface area (Å²) < 4.78 is 77.1. The van der Waals surface area contributed by atoms with E-state index >= 15 is 8.78 Å². The molecular formula is C25H20ClF2N5O7S2. The molecule has 0 atom stereocenters. The minimum atomic E-state index is -4.56. The van der Waals surface area contributed by atoms with Crippen LogP contribution >= 0.6 is 23.1 Å². The summed E-state index contributed by atoms with van der Waals surface area (Å²) in [5.41, 5.74) is 3.70. The summed E-state index contributed by atoms with van der Waals surface area (Å²) in [6, 6.07) is 9.34. The van der Waals surface area contributed by atoms with Crippen molar-refractivity contribution in [2.24, 2.45) is 5.73 Å². The number of benzene rings is 3. The van der Waals surface area contributed by atoms with Gasteiger partial charge in [-0.15, -0.1) is 0 Å². The van der Waals surface area contributed by atoms with Crippen molar-refractivity contribution in [2.45, 2.75) is 10.9 Å². The van der Waals surface area contributed by atoms with Gasteiger partial charge >= 0.3 is 6.09 Å². The van der Waals surface area contributed by atoms with Gasteiger partial charge in [0.2, 0.25) is 4.34 Å². The maximum Gasteiger partial charge on any atom is 0.409 e. The fraction of sp³-hybridized carbons (Fsp3) is 0.120. The first-order chi connectivity index (χ1) is 19.9. The molecule has 0 spiro atoms. The van der Waals surface area contributed by atoms with Gasteiger partial charge in [0, 0.05) is 34.9 Å². The Morgan fingerprint density at radius 2 is 1.81 bits per heavy atom. The molecule has 2 amide bonds. The monoisotopic (exact) mass is 639 g/mol. The summed E-state index contributed by atoms with van der Waals surface area (Å²) in [6.45, 7) is -0.504. The lowest BCUT2D eigenvalue weighted by Gasteiger charge is -2.25. The third kappa shape index (κ3) is 6.50. The highest BCUT2D eigenvalue weighted by atomic mass is 35.5. The number of aromatic nitrogens is 2. The van der Waals surface area contributed by atoms with Crippen LogP contribution in [0.15, 0.2) is 59.2 Å². The number of amides is 2. The predicted molar refractivity (Wildman–Crippen MR) is 149 cm³/mol. The van der Waals surface area contributed by atoms with Gasteiger partial charge in [0.25, 0.3) is 15.9 Å². The largest absolute Gasteiger partial charge is 0.497 e. The zero-order chi connectivity index (χ0) is 30.6. The summed E-state index contributed by atoms with van der Waals surface area (Å²) in [6.07, 6.45) is -0.232. The molecule has 3 N–H and O–H groups in total. The maximum atomic E-state index is 15.6. The van der Waals surface area contributed by atoms with Gasteiger partial charge in [-0.05, 0) is 35.8 Å². The molecule has 0 unspecified atom stereocenters. The number of ether oxygens (including phenoxy) is 3. The van der Waals surface area contributed by atoms with E-state index in [1.807, 2.05) is 0 Å². The SMILES string of the molecule is COc1ccc(CN(c2cc(F)c(NC(=O)c3ccc(Cl)cc3OC(N)=O)cc2F)S(=O)(=O)c2ncns2)c(OC)c1. The van der Waals surface area contributed by atoms with E-state index in [0.29, 0.717) is 33.7 Å². The number of hydrogen-bond acceptors (Lipinski definition) is 10. The highest BCUT2D eigenvalue weighted by Gasteiger charge is 2.32. The van der Waals surface area contributed by atoms with Crippen LogP contribution in [0, 0.1) is 11.6 Å². The number of methoxy groups -OCH3 is 2. The van der Waals surface area contributed by atoms with E-state index in [9.17, 15) is 18.0 Å². The topological polar surface area (TPSA) is 163 Å². The minimum absolute atomic E-state index is 0.106. The quantitative estimate of drug-likeness (QED) is 0.253. The number of nitrogens with one attached hydrogen (secondary N) is 1. The van der Waals surface area contributed by atoms with Crippen LogP contribution in [0.3, 0.4) is 0 Å². The third-order valence-electron chi connectivity index (χ3n) is 5.61. The maximum absolute atomic E-state index is 15.6. The Bertz CT molecular complexity index is 1760. The Kier molecular flexibility index (Phi) is 9.08. The van der Waals surface area contributed by atoms with Crippen molar-refractivity contribution in [1.82, 2.24) is 9.36 Å². The Morgan fingerprint density at radius 3 is 2.45 bits per heavy atom. The second-order valence-electron chi connectivity index (χ2n) is 8.20. The van der Waals surface area contributed by atoms with Crippen LogP contribution in [0.1, 0.15) is 15.9 Å². The Morgan fingerprint density at radius 1 is 1.05 bits per heavy atom. The molecule has 0 saturated heterocycles. The van der Waals surface area contributed by atoms with E-state index in [2.05, 4.69) is 14.7 Å². The molecule has 0 aliphatic rings. The van der Waals surface area contributed by atoms with E-state index in [1.165, 1.54) is 44.6 Å². The number of nitrogens with two attached hydrogens (primary N) is 1. The van der Waals surface area contributed by atoms with Crippen LogP contribution in [-0.2, 0) is 16.6 Å². The van der Waals surface area contributed by atoms with E-state index in [4.69, 9.17) is 31.5 Å². The molecule has 12 nitrogen and oxygen atoms in total. The van der Waals surface area contributed by atoms with Crippen LogP contribution in [0.5, 0.6) is 17.2 Å². The van der Waals surface area contributed by atoms with Crippen molar-refractivity contribution in [3.8, 4) is 17.2 Å². The van der Waals surface area contributed by atoms with E-state index in [1.54, 1.807) is 0 Å². The number of anilines is 2. The molecule has 4 rings (SSSR count). The van der Waals surface area contributed by atoms with Crippen LogP contribution in [-0.4, -0.2) is 44.0 Å². The molecule has 0 bridgehead atoms. The fourth-order valence-corrected chi connectivity index (χ4v) is 5.99. The lowest BCUT2D eigenvalue weighted by Crippen LogP contribution is -2.31. The molecule has 0 fully saturated rings. The van der Waals surface area contributed by atoms with Gasteiger partial charge in [-0.2, -0.15) is 12.8 Å². The van der Waals surface area contributed by atoms with E-state index in [-0.39, 0.29) is 27.6 Å². The molecule has 3 aromatic carbocycles. The first-order valence-electron chi connectivity index (χ1n) is 11.5. The minimum Gasteiger partial charge on any atom is -0.497 e. The average molecular weight is 640 g/mol. The number of hydrogen-bond donors (Lipinski definition) is 2. The Hall–Kier alpha value is -4.54. The molecule has 17 heteroatoms. The number of rotatable bonds is 10. The van der Waals surface area contributed by atoms with E-state index < -0.39 is 55.9 Å². The van der Waals surface area contributed by atoms with Gasteiger partial charge in [-0.1, -0.05) is 11.6 Å². The van der Waals surface area contributed by atoms with E-state index in [0.717, 1.165) is 12.4 Å². The third-order valence-corrected chi connectivity index (χ3v) is 8.62. The number of sulfonamides is 1. The second kappa shape index (κ2) is 12.5. The van der Waals surface area contributed by atoms with Gasteiger partial charge in [0.1, 0.15) is 35.2 Å². The molecule has 220 valence electrons. The lowest BCUT2D eigenvalue weighted by atomic mass is 10.1. The van der Waals surface area contributed by atoms with Crippen molar-refractivity contribution < 1.29 is 41.0 Å². The number of carbonyl (C=O) groups is 2. The summed E-state index contributed by atoms with van der Waals surface area (Å²) in [4.78, 5) is 27.8. The van der Waals surface area contributed by atoms with Gasteiger partial charge in [-0.25, -0.2) is 18.6 Å². The van der Waals surface area contributed by atoms with Crippen LogP contribution in [0.2, 0.25) is 5.02 Å². The summed E-state index contributed by atoms with van der Waals surface area (Å²) in [7, 11) is -1.79. The molecule has 1 heterocycles. The van der Waals surface area contributed by atoms with Gasteiger partial charge < -0.3 is 25.3 Å². The van der Waals surface area contributed by atoms with Gasteiger partial charge in [0.05, 0.1) is 37.7 Å². The molecule has 42 heavy (non-hydrogen) atoms. The second-order valence-corrected chi connectivity index (χ2v) is 11.4. The fourth-order valence-electron chi connectivity index (χ4n) is 3.70. The van der Waals surface area contributed by atoms with Crippen molar-refractivity contribution >= 4 is 56.5 Å². The zero-order valence-electron chi connectivity index (χ0n) is 21.6. The van der Waals surface area contributed by atoms with Crippen molar-refractivity contribution in [2.75, 3.05) is 23.8 Å². The predicted octanol–water partition coefficient (Wildman–Crippen LogP) is 4.59. The van der Waals surface area contributed by atoms with Crippen LogP contribution < -0.4 is 29.6 Å². The highest BCUT2D eigenvalue weighted by Crippen LogP contribution is 2.35.